The van der Waals surface area contributed by atoms with Crippen molar-refractivity contribution in [1.82, 2.24) is 5.32 Å². The summed E-state index contributed by atoms with van der Waals surface area (Å²) in [5.74, 6) is -0.0607. The summed E-state index contributed by atoms with van der Waals surface area (Å²) in [4.78, 5) is 12.3. The molecule has 4 heteroatoms. The van der Waals surface area contributed by atoms with Crippen LogP contribution in [0.15, 0.2) is 12.2 Å². The smallest absolute Gasteiger partial charge is 0.220 e. The first-order chi connectivity index (χ1) is 22.2. The number of unbranched alkanes of at least 4 members (excludes halogenated alkanes) is 30. The van der Waals surface area contributed by atoms with Gasteiger partial charge in [-0.05, 0) is 19.3 Å². The zero-order valence-electron chi connectivity index (χ0n) is 30.7. The average molecular weight is 636 g/mol. The molecular weight excluding hydrogens is 554 g/mol. The normalized spacial score (nSPS) is 13.1. The third-order valence-electron chi connectivity index (χ3n) is 9.52. The van der Waals surface area contributed by atoms with Crippen LogP contribution < -0.4 is 5.32 Å². The summed E-state index contributed by atoms with van der Waals surface area (Å²) in [6.45, 7) is 4.32. The van der Waals surface area contributed by atoms with Crippen LogP contribution in [0.2, 0.25) is 0 Å². The van der Waals surface area contributed by atoms with Crippen LogP contribution in [0.3, 0.4) is 0 Å². The van der Waals surface area contributed by atoms with Crippen LogP contribution >= 0.6 is 0 Å². The number of carbonyl (C=O) groups excluding carboxylic acids is 1. The number of aliphatic hydroxyl groups is 2. The zero-order chi connectivity index (χ0) is 32.9. The van der Waals surface area contributed by atoms with Gasteiger partial charge in [-0.1, -0.05) is 212 Å². The van der Waals surface area contributed by atoms with Crippen molar-refractivity contribution in [3.63, 3.8) is 0 Å². The third-order valence-corrected chi connectivity index (χ3v) is 9.52. The van der Waals surface area contributed by atoms with Gasteiger partial charge in [-0.15, -0.1) is 0 Å². The van der Waals surface area contributed by atoms with Gasteiger partial charge in [0.05, 0.1) is 18.8 Å². The van der Waals surface area contributed by atoms with E-state index in [0.29, 0.717) is 6.42 Å². The SMILES string of the molecule is CCCCCCCCCCCCCCC/C=C/C(O)C(CO)NC(=O)CCCCCCCCCCCCCCCCCCCC. The van der Waals surface area contributed by atoms with Gasteiger partial charge in [0.25, 0.3) is 0 Å². The van der Waals surface area contributed by atoms with Crippen molar-refractivity contribution in [3.05, 3.63) is 12.2 Å². The highest BCUT2D eigenvalue weighted by Crippen LogP contribution is 2.16. The number of aliphatic hydroxyl groups excluding tert-OH is 2. The highest BCUT2D eigenvalue weighted by Gasteiger charge is 2.17. The van der Waals surface area contributed by atoms with Crippen molar-refractivity contribution in [1.29, 1.82) is 0 Å². The second-order valence-electron chi connectivity index (χ2n) is 14.1. The van der Waals surface area contributed by atoms with Crippen LogP contribution in [0.1, 0.15) is 226 Å². The molecule has 2 atom stereocenters. The molecule has 268 valence electrons. The van der Waals surface area contributed by atoms with E-state index < -0.39 is 12.1 Å². The van der Waals surface area contributed by atoms with Crippen molar-refractivity contribution in [2.45, 2.75) is 238 Å². The van der Waals surface area contributed by atoms with Crippen LogP contribution in [-0.4, -0.2) is 34.9 Å². The van der Waals surface area contributed by atoms with E-state index in [-0.39, 0.29) is 12.5 Å². The maximum atomic E-state index is 12.3. The molecule has 2 unspecified atom stereocenters. The molecule has 0 fully saturated rings. The molecule has 3 N–H and O–H groups in total. The quantitative estimate of drug-likeness (QED) is 0.0470. The molecule has 45 heavy (non-hydrogen) atoms. The van der Waals surface area contributed by atoms with Gasteiger partial charge >= 0.3 is 0 Å². The van der Waals surface area contributed by atoms with Crippen molar-refractivity contribution < 1.29 is 15.0 Å². The molecule has 0 aliphatic carbocycles. The second kappa shape index (κ2) is 37.6. The fourth-order valence-corrected chi connectivity index (χ4v) is 6.35. The molecule has 0 heterocycles. The Bertz CT molecular complexity index is 608. The van der Waals surface area contributed by atoms with Gasteiger partial charge in [0.1, 0.15) is 0 Å². The van der Waals surface area contributed by atoms with Crippen molar-refractivity contribution in [2.24, 2.45) is 0 Å². The van der Waals surface area contributed by atoms with Gasteiger partial charge in [0.2, 0.25) is 5.91 Å². The fraction of sp³-hybridized carbons (Fsp3) is 0.927. The van der Waals surface area contributed by atoms with E-state index in [2.05, 4.69) is 19.2 Å². The molecule has 0 saturated heterocycles. The summed E-state index contributed by atoms with van der Waals surface area (Å²) in [6, 6.07) is -0.615. The Morgan fingerprint density at radius 3 is 1.16 bits per heavy atom. The summed E-state index contributed by atoms with van der Waals surface area (Å²) in [5, 5.41) is 23.0. The summed E-state index contributed by atoms with van der Waals surface area (Å²) in [6.07, 6.45) is 45.9. The monoisotopic (exact) mass is 636 g/mol. The predicted molar refractivity (Wildman–Crippen MR) is 198 cm³/mol. The molecule has 0 aliphatic heterocycles. The van der Waals surface area contributed by atoms with Crippen LogP contribution in [0.5, 0.6) is 0 Å². The first kappa shape index (κ1) is 44.1. The maximum Gasteiger partial charge on any atom is 0.220 e. The van der Waals surface area contributed by atoms with E-state index in [1.54, 1.807) is 6.08 Å². The molecule has 0 saturated carbocycles. The van der Waals surface area contributed by atoms with E-state index in [1.165, 1.54) is 180 Å². The lowest BCUT2D eigenvalue weighted by molar-refractivity contribution is -0.123. The molecule has 0 radical (unpaired) electrons. The first-order valence-electron chi connectivity index (χ1n) is 20.4. The van der Waals surface area contributed by atoms with E-state index >= 15 is 0 Å². The van der Waals surface area contributed by atoms with Crippen LogP contribution in [-0.2, 0) is 4.79 Å². The number of hydrogen-bond donors (Lipinski definition) is 3. The molecule has 4 nitrogen and oxygen atoms in total. The van der Waals surface area contributed by atoms with Crippen molar-refractivity contribution in [3.8, 4) is 0 Å². The molecule has 0 aromatic heterocycles. The van der Waals surface area contributed by atoms with Gasteiger partial charge in [-0.2, -0.15) is 0 Å². The molecule has 0 aromatic rings. The summed E-state index contributed by atoms with van der Waals surface area (Å²) in [7, 11) is 0. The summed E-state index contributed by atoms with van der Waals surface area (Å²) < 4.78 is 0. The molecule has 0 rings (SSSR count). The molecular formula is C41H81NO3. The lowest BCUT2D eigenvalue weighted by Gasteiger charge is -2.20. The van der Waals surface area contributed by atoms with E-state index in [1.807, 2.05) is 6.08 Å². The number of carbonyl (C=O) groups is 1. The third kappa shape index (κ3) is 34.3. The number of allylic oxidation sites excluding steroid dienone is 1. The number of nitrogens with one attached hydrogen (secondary N) is 1. The standard InChI is InChI=1S/C41H81NO3/c1-3-5-7-9-11-13-15-17-19-20-21-23-25-27-29-31-33-35-37-41(45)42-39(38-43)40(44)36-34-32-30-28-26-24-22-18-16-14-12-10-8-6-4-2/h34,36,39-40,43-44H,3-33,35,37-38H2,1-2H3,(H,42,45)/b36-34+. The minimum atomic E-state index is -0.832. The van der Waals surface area contributed by atoms with Crippen LogP contribution in [0.25, 0.3) is 0 Å². The van der Waals surface area contributed by atoms with Crippen LogP contribution in [0, 0.1) is 0 Å². The Morgan fingerprint density at radius 2 is 0.822 bits per heavy atom. The lowest BCUT2D eigenvalue weighted by atomic mass is 10.0. The topological polar surface area (TPSA) is 69.6 Å². The van der Waals surface area contributed by atoms with Gasteiger partial charge in [-0.3, -0.25) is 4.79 Å². The molecule has 0 bridgehead atoms. The molecule has 0 aliphatic rings. The predicted octanol–water partition coefficient (Wildman–Crippen LogP) is 12.3. The molecule has 0 spiro atoms. The Balaban J connectivity index is 3.55. The van der Waals surface area contributed by atoms with Crippen molar-refractivity contribution in [2.75, 3.05) is 6.61 Å². The Kier molecular flexibility index (Phi) is 36.9. The number of hydrogen-bond acceptors (Lipinski definition) is 3. The van der Waals surface area contributed by atoms with E-state index in [9.17, 15) is 15.0 Å². The van der Waals surface area contributed by atoms with E-state index in [0.717, 1.165) is 25.7 Å². The minimum absolute atomic E-state index is 0.0607. The Hall–Kier alpha value is -0.870. The van der Waals surface area contributed by atoms with Crippen LogP contribution in [0.4, 0.5) is 0 Å². The second-order valence-corrected chi connectivity index (χ2v) is 14.1. The van der Waals surface area contributed by atoms with Gasteiger partial charge in [-0.25, -0.2) is 0 Å². The molecule has 1 amide bonds. The Morgan fingerprint density at radius 1 is 0.511 bits per heavy atom. The Labute approximate surface area is 282 Å². The van der Waals surface area contributed by atoms with E-state index in [4.69, 9.17) is 0 Å². The summed E-state index contributed by atoms with van der Waals surface area (Å²) >= 11 is 0. The number of rotatable bonds is 37. The van der Waals surface area contributed by atoms with Crippen molar-refractivity contribution >= 4 is 5.91 Å². The van der Waals surface area contributed by atoms with Gasteiger partial charge in [0, 0.05) is 6.42 Å². The molecule has 0 aromatic carbocycles. The maximum absolute atomic E-state index is 12.3. The summed E-state index contributed by atoms with van der Waals surface area (Å²) in [5.41, 5.74) is 0. The fourth-order valence-electron chi connectivity index (χ4n) is 6.35. The highest BCUT2D eigenvalue weighted by molar-refractivity contribution is 5.76. The minimum Gasteiger partial charge on any atom is -0.394 e. The average Bonchev–Trinajstić information content (AvgIpc) is 3.04. The highest BCUT2D eigenvalue weighted by atomic mass is 16.3. The van der Waals surface area contributed by atoms with Gasteiger partial charge in [0.15, 0.2) is 0 Å². The zero-order valence-corrected chi connectivity index (χ0v) is 30.7. The first-order valence-corrected chi connectivity index (χ1v) is 20.4. The largest absolute Gasteiger partial charge is 0.394 e. The van der Waals surface area contributed by atoms with Gasteiger partial charge < -0.3 is 15.5 Å². The lowest BCUT2D eigenvalue weighted by Crippen LogP contribution is -2.45. The number of amides is 1.